The van der Waals surface area contributed by atoms with Gasteiger partial charge in [-0.15, -0.1) is 11.3 Å². The number of rotatable bonds is 6. The van der Waals surface area contributed by atoms with Gasteiger partial charge in [-0.05, 0) is 27.7 Å². The third kappa shape index (κ3) is 5.66. The minimum absolute atomic E-state index is 0.218. The highest BCUT2D eigenvalue weighted by molar-refractivity contribution is 7.13. The van der Waals surface area contributed by atoms with E-state index in [1.807, 2.05) is 20.8 Å². The van der Waals surface area contributed by atoms with Gasteiger partial charge < -0.3 is 15.2 Å². The number of amides is 1. The van der Waals surface area contributed by atoms with Gasteiger partial charge in [-0.1, -0.05) is 0 Å². The van der Waals surface area contributed by atoms with Gasteiger partial charge in [-0.3, -0.25) is 4.79 Å². The Kier molecular flexibility index (Phi) is 5.64. The van der Waals surface area contributed by atoms with Crippen LogP contribution in [0.1, 0.15) is 41.9 Å². The van der Waals surface area contributed by atoms with E-state index < -0.39 is 17.9 Å². The normalized spacial score (nSPS) is 13.0. The van der Waals surface area contributed by atoms with Gasteiger partial charge >= 0.3 is 5.97 Å². The predicted molar refractivity (Wildman–Crippen MR) is 76.1 cm³/mol. The smallest absolute Gasteiger partial charge is 0.326 e. The number of hydrogen-bond acceptors (Lipinski definition) is 5. The summed E-state index contributed by atoms with van der Waals surface area (Å²) >= 11 is 1.23. The minimum Gasteiger partial charge on any atom is -0.480 e. The van der Waals surface area contributed by atoms with Crippen molar-refractivity contribution in [2.45, 2.75) is 45.8 Å². The molecule has 0 aliphatic rings. The van der Waals surface area contributed by atoms with Crippen LogP contribution < -0.4 is 5.32 Å². The number of nitrogens with one attached hydrogen (secondary N) is 1. The maximum Gasteiger partial charge on any atom is 0.326 e. The zero-order valence-electron chi connectivity index (χ0n) is 12.1. The topological polar surface area (TPSA) is 88.5 Å². The number of hydrogen-bond donors (Lipinski definition) is 2. The Morgan fingerprint density at radius 2 is 2.15 bits per heavy atom. The third-order valence-electron chi connectivity index (χ3n) is 2.39. The Bertz CT molecular complexity index is 479. The Hall–Kier alpha value is -1.47. The number of aliphatic carboxylic acids is 1. The number of aryl methyl sites for hydroxylation is 1. The Labute approximate surface area is 122 Å². The molecule has 6 nitrogen and oxygen atoms in total. The first-order valence-electron chi connectivity index (χ1n) is 6.29. The van der Waals surface area contributed by atoms with Crippen LogP contribution >= 0.6 is 11.3 Å². The molecule has 0 spiro atoms. The van der Waals surface area contributed by atoms with Crippen LogP contribution in [-0.2, 0) is 9.53 Å². The van der Waals surface area contributed by atoms with Gasteiger partial charge in [-0.25, -0.2) is 9.78 Å². The van der Waals surface area contributed by atoms with Crippen molar-refractivity contribution in [2.24, 2.45) is 0 Å². The van der Waals surface area contributed by atoms with Crippen LogP contribution in [0.4, 0.5) is 0 Å². The summed E-state index contributed by atoms with van der Waals surface area (Å²) in [6.07, 6.45) is 1.66. The maximum absolute atomic E-state index is 11.9. The largest absolute Gasteiger partial charge is 0.480 e. The zero-order chi connectivity index (χ0) is 15.3. The molecule has 1 atom stereocenters. The molecule has 0 bridgehead atoms. The average Bonchev–Trinajstić information content (AvgIpc) is 2.72. The molecule has 0 saturated heterocycles. The van der Waals surface area contributed by atoms with Gasteiger partial charge in [0.15, 0.2) is 0 Å². The highest BCUT2D eigenvalue weighted by Gasteiger charge is 2.22. The van der Waals surface area contributed by atoms with Crippen LogP contribution in [0.3, 0.4) is 0 Å². The highest BCUT2D eigenvalue weighted by atomic mass is 32.1. The van der Waals surface area contributed by atoms with Crippen LogP contribution in [0.5, 0.6) is 0 Å². The summed E-state index contributed by atoms with van der Waals surface area (Å²) in [6.45, 7) is 7.72. The number of nitrogens with zero attached hydrogens (tertiary/aromatic N) is 1. The molecule has 1 aromatic rings. The van der Waals surface area contributed by atoms with Crippen molar-refractivity contribution in [3.8, 4) is 0 Å². The molecule has 1 aromatic heterocycles. The van der Waals surface area contributed by atoms with Gasteiger partial charge in [-0.2, -0.15) is 0 Å². The van der Waals surface area contributed by atoms with Gasteiger partial charge in [0.25, 0.3) is 5.91 Å². The van der Waals surface area contributed by atoms with Crippen LogP contribution in [0.2, 0.25) is 0 Å². The number of carboxylic acids is 1. The summed E-state index contributed by atoms with van der Waals surface area (Å²) in [4.78, 5) is 27.4. The highest BCUT2D eigenvalue weighted by Crippen LogP contribution is 2.12. The van der Waals surface area contributed by atoms with Crippen molar-refractivity contribution >= 4 is 23.2 Å². The first-order chi connectivity index (χ1) is 9.19. The first-order valence-corrected chi connectivity index (χ1v) is 7.11. The second-order valence-electron chi connectivity index (χ2n) is 5.36. The second-order valence-corrected chi connectivity index (χ2v) is 6.59. The molecule has 7 heteroatoms. The minimum atomic E-state index is -1.07. The van der Waals surface area contributed by atoms with Crippen LogP contribution in [-0.4, -0.2) is 40.2 Å². The van der Waals surface area contributed by atoms with Gasteiger partial charge in [0.2, 0.25) is 0 Å². The molecular weight excluding hydrogens is 280 g/mol. The fourth-order valence-corrected chi connectivity index (χ4v) is 2.12. The number of ether oxygens (including phenoxy) is 1. The molecular formula is C13H20N2O4S. The van der Waals surface area contributed by atoms with E-state index in [-0.39, 0.29) is 18.6 Å². The lowest BCUT2D eigenvalue weighted by molar-refractivity contribution is -0.140. The van der Waals surface area contributed by atoms with Crippen LogP contribution in [0.25, 0.3) is 0 Å². The number of carboxylic acid groups (broad SMARTS) is 1. The van der Waals surface area contributed by atoms with E-state index in [0.717, 1.165) is 5.01 Å². The molecule has 1 amide bonds. The van der Waals surface area contributed by atoms with Crippen molar-refractivity contribution < 1.29 is 19.4 Å². The molecule has 1 unspecified atom stereocenters. The standard InChI is InChI=1S/C13H20N2O4S/c1-8-14-7-10(20-8)11(16)15-9(12(17)18)5-6-19-13(2,3)4/h7,9H,5-6H2,1-4H3,(H,15,16)(H,17,18). The number of carbonyl (C=O) groups is 2. The van der Waals surface area contributed by atoms with E-state index in [2.05, 4.69) is 10.3 Å². The lowest BCUT2D eigenvalue weighted by Crippen LogP contribution is -2.41. The number of thiazole rings is 1. The summed E-state index contributed by atoms with van der Waals surface area (Å²) in [6, 6.07) is -0.966. The summed E-state index contributed by atoms with van der Waals surface area (Å²) < 4.78 is 5.48. The van der Waals surface area contributed by atoms with Crippen LogP contribution in [0, 0.1) is 6.92 Å². The van der Waals surface area contributed by atoms with E-state index in [0.29, 0.717) is 4.88 Å². The molecule has 0 aliphatic heterocycles. The van der Waals surface area contributed by atoms with Crippen molar-refractivity contribution in [3.05, 3.63) is 16.1 Å². The average molecular weight is 300 g/mol. The second kappa shape index (κ2) is 6.81. The Morgan fingerprint density at radius 1 is 1.50 bits per heavy atom. The van der Waals surface area contributed by atoms with Crippen molar-refractivity contribution in [3.63, 3.8) is 0 Å². The Morgan fingerprint density at radius 3 is 2.60 bits per heavy atom. The lowest BCUT2D eigenvalue weighted by atomic mass is 10.1. The van der Waals surface area contributed by atoms with E-state index in [1.165, 1.54) is 17.5 Å². The van der Waals surface area contributed by atoms with Gasteiger partial charge in [0.05, 0.1) is 16.8 Å². The van der Waals surface area contributed by atoms with Crippen molar-refractivity contribution in [2.75, 3.05) is 6.61 Å². The summed E-state index contributed by atoms with van der Waals surface area (Å²) in [5.41, 5.74) is -0.332. The predicted octanol–water partition coefficient (Wildman–Crippen LogP) is 1.84. The van der Waals surface area contributed by atoms with E-state index in [1.54, 1.807) is 6.92 Å². The van der Waals surface area contributed by atoms with Crippen molar-refractivity contribution in [1.29, 1.82) is 0 Å². The molecule has 1 heterocycles. The maximum atomic E-state index is 11.9. The molecule has 2 N–H and O–H groups in total. The van der Waals surface area contributed by atoms with E-state index in [9.17, 15) is 9.59 Å². The molecule has 0 aromatic carbocycles. The summed E-state index contributed by atoms with van der Waals surface area (Å²) in [5, 5.41) is 12.4. The monoisotopic (exact) mass is 300 g/mol. The summed E-state index contributed by atoms with van der Waals surface area (Å²) in [7, 11) is 0. The molecule has 112 valence electrons. The Balaban J connectivity index is 2.55. The molecule has 0 aliphatic carbocycles. The molecule has 1 rings (SSSR count). The van der Waals surface area contributed by atoms with E-state index >= 15 is 0 Å². The molecule has 0 radical (unpaired) electrons. The first kappa shape index (κ1) is 16.6. The fraction of sp³-hybridized carbons (Fsp3) is 0.615. The third-order valence-corrected chi connectivity index (χ3v) is 3.30. The zero-order valence-corrected chi connectivity index (χ0v) is 12.9. The van der Waals surface area contributed by atoms with E-state index in [4.69, 9.17) is 9.84 Å². The van der Waals surface area contributed by atoms with Crippen LogP contribution in [0.15, 0.2) is 6.20 Å². The molecule has 0 fully saturated rings. The number of aromatic nitrogens is 1. The molecule has 0 saturated carbocycles. The van der Waals surface area contributed by atoms with Gasteiger partial charge in [0, 0.05) is 13.0 Å². The molecule has 20 heavy (non-hydrogen) atoms. The number of carbonyl (C=O) groups excluding carboxylic acids is 1. The quantitative estimate of drug-likeness (QED) is 0.837. The van der Waals surface area contributed by atoms with Crippen molar-refractivity contribution in [1.82, 2.24) is 10.3 Å². The summed E-state index contributed by atoms with van der Waals surface area (Å²) in [5.74, 6) is -1.49. The lowest BCUT2D eigenvalue weighted by Gasteiger charge is -2.21. The fourth-order valence-electron chi connectivity index (χ4n) is 1.44. The SMILES string of the molecule is Cc1ncc(C(=O)NC(CCOC(C)(C)C)C(=O)O)s1. The van der Waals surface area contributed by atoms with Gasteiger partial charge in [0.1, 0.15) is 10.9 Å².